The van der Waals surface area contributed by atoms with Gasteiger partial charge in [-0.05, 0) is 24.8 Å². The third-order valence-electron chi connectivity index (χ3n) is 4.60. The summed E-state index contributed by atoms with van der Waals surface area (Å²) in [5.74, 6) is 0.224. The van der Waals surface area contributed by atoms with Crippen LogP contribution in [0.1, 0.15) is 28.9 Å². The standard InChI is InChI=1S/C18H21F3N4O3/c1-24-10-13(16(23-24)27-2)17(26)25-8-6-12(7-9-25)11-28-15-5-3-4-14(22-15)18(19,20)21/h3-5,10,12H,6-9,11H2,1-2H3. The van der Waals surface area contributed by atoms with Crippen LogP contribution in [-0.4, -0.2) is 52.4 Å². The normalized spacial score (nSPS) is 15.5. The summed E-state index contributed by atoms with van der Waals surface area (Å²) < 4.78 is 50.2. The van der Waals surface area contributed by atoms with Crippen molar-refractivity contribution in [3.63, 3.8) is 0 Å². The number of hydrogen-bond acceptors (Lipinski definition) is 5. The number of aromatic nitrogens is 3. The Labute approximate surface area is 160 Å². The number of nitrogens with zero attached hydrogens (tertiary/aromatic N) is 4. The molecule has 0 radical (unpaired) electrons. The van der Waals surface area contributed by atoms with Crippen molar-refractivity contribution in [1.29, 1.82) is 0 Å². The minimum absolute atomic E-state index is 0.0478. The lowest BCUT2D eigenvalue weighted by Gasteiger charge is -2.31. The Morgan fingerprint density at radius 2 is 2.00 bits per heavy atom. The van der Waals surface area contributed by atoms with Crippen LogP contribution >= 0.6 is 0 Å². The minimum atomic E-state index is -4.50. The Hall–Kier alpha value is -2.78. The van der Waals surface area contributed by atoms with Crippen LogP contribution in [0.5, 0.6) is 11.8 Å². The molecule has 1 amide bonds. The number of halogens is 3. The summed E-state index contributed by atoms with van der Waals surface area (Å²) in [7, 11) is 3.18. The van der Waals surface area contributed by atoms with E-state index in [1.807, 2.05) is 0 Å². The number of carbonyl (C=O) groups is 1. The molecule has 10 heteroatoms. The van der Waals surface area contributed by atoms with Crippen molar-refractivity contribution in [3.8, 4) is 11.8 Å². The monoisotopic (exact) mass is 398 g/mol. The van der Waals surface area contributed by atoms with E-state index in [2.05, 4.69) is 10.1 Å². The zero-order valence-corrected chi connectivity index (χ0v) is 15.6. The highest BCUT2D eigenvalue weighted by molar-refractivity contribution is 5.96. The minimum Gasteiger partial charge on any atom is -0.479 e. The zero-order chi connectivity index (χ0) is 20.3. The molecule has 2 aromatic rings. The number of rotatable bonds is 5. The average Bonchev–Trinajstić information content (AvgIpc) is 3.06. The predicted molar refractivity (Wildman–Crippen MR) is 93.1 cm³/mol. The number of methoxy groups -OCH3 is 1. The van der Waals surface area contributed by atoms with Crippen LogP contribution in [0.2, 0.25) is 0 Å². The molecular weight excluding hydrogens is 377 g/mol. The highest BCUT2D eigenvalue weighted by Crippen LogP contribution is 2.29. The van der Waals surface area contributed by atoms with Crippen molar-refractivity contribution < 1.29 is 27.4 Å². The fourth-order valence-electron chi connectivity index (χ4n) is 3.09. The highest BCUT2D eigenvalue weighted by atomic mass is 19.4. The van der Waals surface area contributed by atoms with Crippen LogP contribution in [0.15, 0.2) is 24.4 Å². The van der Waals surface area contributed by atoms with E-state index >= 15 is 0 Å². The lowest BCUT2D eigenvalue weighted by atomic mass is 9.97. The van der Waals surface area contributed by atoms with Crippen molar-refractivity contribution in [2.75, 3.05) is 26.8 Å². The van der Waals surface area contributed by atoms with Gasteiger partial charge in [0.15, 0.2) is 0 Å². The second-order valence-corrected chi connectivity index (χ2v) is 6.63. The molecule has 1 fully saturated rings. The van der Waals surface area contributed by atoms with Crippen molar-refractivity contribution in [2.45, 2.75) is 19.0 Å². The number of alkyl halides is 3. The van der Waals surface area contributed by atoms with Gasteiger partial charge in [0.25, 0.3) is 5.91 Å². The lowest BCUT2D eigenvalue weighted by molar-refractivity contribution is -0.141. The van der Waals surface area contributed by atoms with E-state index in [9.17, 15) is 18.0 Å². The topological polar surface area (TPSA) is 69.5 Å². The zero-order valence-electron chi connectivity index (χ0n) is 15.6. The van der Waals surface area contributed by atoms with Gasteiger partial charge in [-0.3, -0.25) is 9.48 Å². The molecule has 152 valence electrons. The first-order valence-electron chi connectivity index (χ1n) is 8.82. The van der Waals surface area contributed by atoms with E-state index in [0.29, 0.717) is 31.5 Å². The molecule has 0 aliphatic carbocycles. The van der Waals surface area contributed by atoms with Crippen LogP contribution in [-0.2, 0) is 13.2 Å². The fraction of sp³-hybridized carbons (Fsp3) is 0.500. The van der Waals surface area contributed by atoms with Gasteiger partial charge >= 0.3 is 6.18 Å². The molecule has 0 spiro atoms. The fourth-order valence-corrected chi connectivity index (χ4v) is 3.09. The third kappa shape index (κ3) is 4.55. The van der Waals surface area contributed by atoms with Gasteiger partial charge in [-0.1, -0.05) is 6.07 Å². The second-order valence-electron chi connectivity index (χ2n) is 6.63. The predicted octanol–water partition coefficient (Wildman–Crippen LogP) is 2.77. The Bertz CT molecular complexity index is 830. The van der Waals surface area contributed by atoms with Crippen LogP contribution < -0.4 is 9.47 Å². The van der Waals surface area contributed by atoms with Gasteiger partial charge in [-0.2, -0.15) is 13.2 Å². The number of hydrogen-bond donors (Lipinski definition) is 0. The number of ether oxygens (including phenoxy) is 2. The van der Waals surface area contributed by atoms with Gasteiger partial charge in [0.2, 0.25) is 11.8 Å². The number of aryl methyl sites for hydroxylation is 1. The number of piperidine rings is 1. The molecule has 0 atom stereocenters. The van der Waals surface area contributed by atoms with Gasteiger partial charge < -0.3 is 14.4 Å². The van der Waals surface area contributed by atoms with Gasteiger partial charge in [-0.15, -0.1) is 5.10 Å². The Morgan fingerprint density at radius 1 is 1.29 bits per heavy atom. The summed E-state index contributed by atoms with van der Waals surface area (Å²) >= 11 is 0. The van der Waals surface area contributed by atoms with Crippen LogP contribution in [0.3, 0.4) is 0 Å². The van der Waals surface area contributed by atoms with E-state index < -0.39 is 11.9 Å². The van der Waals surface area contributed by atoms with Crippen molar-refractivity contribution in [2.24, 2.45) is 13.0 Å². The van der Waals surface area contributed by atoms with Crippen molar-refractivity contribution in [3.05, 3.63) is 35.7 Å². The average molecular weight is 398 g/mol. The van der Waals surface area contributed by atoms with Gasteiger partial charge in [-0.25, -0.2) is 4.98 Å². The molecule has 2 aromatic heterocycles. The molecule has 3 rings (SSSR count). The Morgan fingerprint density at radius 3 is 2.64 bits per heavy atom. The summed E-state index contributed by atoms with van der Waals surface area (Å²) in [4.78, 5) is 17.9. The van der Waals surface area contributed by atoms with Gasteiger partial charge in [0.1, 0.15) is 11.3 Å². The molecule has 0 bridgehead atoms. The van der Waals surface area contributed by atoms with Crippen LogP contribution in [0.25, 0.3) is 0 Å². The molecule has 7 nitrogen and oxygen atoms in total. The van der Waals surface area contributed by atoms with E-state index in [4.69, 9.17) is 9.47 Å². The van der Waals surface area contributed by atoms with E-state index in [0.717, 1.165) is 6.07 Å². The molecule has 1 saturated heterocycles. The maximum Gasteiger partial charge on any atom is 0.433 e. The molecule has 0 N–H and O–H groups in total. The molecule has 1 aliphatic heterocycles. The maximum absolute atomic E-state index is 12.7. The summed E-state index contributed by atoms with van der Waals surface area (Å²) in [6.45, 7) is 1.31. The number of carbonyl (C=O) groups excluding carboxylic acids is 1. The summed E-state index contributed by atoms with van der Waals surface area (Å²) in [6.07, 6.45) is -1.51. The SMILES string of the molecule is COc1nn(C)cc1C(=O)N1CCC(COc2cccc(C(F)(F)F)n2)CC1. The molecular formula is C18H21F3N4O3. The molecule has 0 aromatic carbocycles. The van der Waals surface area contributed by atoms with Crippen molar-refractivity contribution >= 4 is 5.91 Å². The first kappa shape index (κ1) is 20.0. The largest absolute Gasteiger partial charge is 0.479 e. The van der Waals surface area contributed by atoms with E-state index in [1.54, 1.807) is 18.1 Å². The smallest absolute Gasteiger partial charge is 0.433 e. The number of likely N-dealkylation sites (tertiary alicyclic amines) is 1. The number of pyridine rings is 1. The van der Waals surface area contributed by atoms with Crippen LogP contribution in [0, 0.1) is 5.92 Å². The van der Waals surface area contributed by atoms with E-state index in [1.165, 1.54) is 23.9 Å². The highest BCUT2D eigenvalue weighted by Gasteiger charge is 2.33. The molecule has 3 heterocycles. The number of amides is 1. The summed E-state index contributed by atoms with van der Waals surface area (Å²) in [5, 5.41) is 4.09. The quantitative estimate of drug-likeness (QED) is 0.775. The van der Waals surface area contributed by atoms with Crippen molar-refractivity contribution in [1.82, 2.24) is 19.7 Å². The molecule has 28 heavy (non-hydrogen) atoms. The lowest BCUT2D eigenvalue weighted by Crippen LogP contribution is -2.39. The second kappa shape index (κ2) is 8.07. The molecule has 0 saturated carbocycles. The third-order valence-corrected chi connectivity index (χ3v) is 4.60. The first-order chi connectivity index (χ1) is 13.3. The molecule has 0 unspecified atom stereocenters. The Balaban J connectivity index is 1.52. The van der Waals surface area contributed by atoms with Crippen LogP contribution in [0.4, 0.5) is 13.2 Å². The summed E-state index contributed by atoms with van der Waals surface area (Å²) in [5.41, 5.74) is -0.566. The first-order valence-corrected chi connectivity index (χ1v) is 8.82. The van der Waals surface area contributed by atoms with Gasteiger partial charge in [0.05, 0.1) is 13.7 Å². The molecule has 1 aliphatic rings. The summed E-state index contributed by atoms with van der Waals surface area (Å²) in [6, 6.07) is 3.58. The van der Waals surface area contributed by atoms with Gasteiger partial charge in [0, 0.05) is 32.4 Å². The van der Waals surface area contributed by atoms with E-state index in [-0.39, 0.29) is 30.2 Å². The Kier molecular flexibility index (Phi) is 5.76. The maximum atomic E-state index is 12.7.